The number of nitriles is 1. The predicted molar refractivity (Wildman–Crippen MR) is 87.0 cm³/mol. The summed E-state index contributed by atoms with van der Waals surface area (Å²) in [5, 5.41) is 14.0. The van der Waals surface area contributed by atoms with Gasteiger partial charge in [0.2, 0.25) is 0 Å². The van der Waals surface area contributed by atoms with Crippen LogP contribution in [0.4, 0.5) is 5.00 Å². The van der Waals surface area contributed by atoms with Crippen molar-refractivity contribution in [2.45, 2.75) is 49.5 Å². The van der Waals surface area contributed by atoms with E-state index in [0.29, 0.717) is 16.6 Å². The maximum atomic E-state index is 12.6. The molecule has 0 atom stereocenters. The third kappa shape index (κ3) is 2.44. The number of thiophene rings is 1. The highest BCUT2D eigenvalue weighted by molar-refractivity contribution is 7.93. The average Bonchev–Trinajstić information content (AvgIpc) is 3.11. The molecule has 2 aliphatic rings. The second-order valence-electron chi connectivity index (χ2n) is 6.02. The lowest BCUT2D eigenvalue weighted by atomic mass is 9.93. The van der Waals surface area contributed by atoms with Crippen molar-refractivity contribution < 1.29 is 8.42 Å². The molecule has 0 aliphatic heterocycles. The second kappa shape index (κ2) is 5.35. The van der Waals surface area contributed by atoms with E-state index in [4.69, 9.17) is 0 Å². The quantitative estimate of drug-likeness (QED) is 0.920. The van der Waals surface area contributed by atoms with Gasteiger partial charge in [0.25, 0.3) is 10.0 Å². The first-order chi connectivity index (χ1) is 11.1. The van der Waals surface area contributed by atoms with Gasteiger partial charge in [-0.05, 0) is 44.1 Å². The molecule has 0 aromatic carbocycles. The summed E-state index contributed by atoms with van der Waals surface area (Å²) in [6.45, 7) is 0. The van der Waals surface area contributed by atoms with Gasteiger partial charge in [-0.1, -0.05) is 0 Å². The van der Waals surface area contributed by atoms with E-state index in [9.17, 15) is 13.7 Å². The van der Waals surface area contributed by atoms with Crippen molar-refractivity contribution in [3.63, 3.8) is 0 Å². The maximum absolute atomic E-state index is 12.6. The Morgan fingerprint density at radius 1 is 1.35 bits per heavy atom. The zero-order chi connectivity index (χ0) is 16.0. The Kier molecular flexibility index (Phi) is 3.43. The molecule has 120 valence electrons. The Hall–Kier alpha value is -1.85. The second-order valence-corrected chi connectivity index (χ2v) is 8.81. The first-order valence-corrected chi connectivity index (χ1v) is 10.00. The summed E-state index contributed by atoms with van der Waals surface area (Å²) >= 11 is 1.38. The Morgan fingerprint density at radius 2 is 2.17 bits per heavy atom. The Morgan fingerprint density at radius 3 is 2.87 bits per heavy atom. The molecular formula is C15H16N4O2S2. The predicted octanol–water partition coefficient (Wildman–Crippen LogP) is 2.83. The van der Waals surface area contributed by atoms with Crippen LogP contribution >= 0.6 is 11.3 Å². The highest BCUT2D eigenvalue weighted by Crippen LogP contribution is 2.39. The molecule has 0 amide bonds. The third-order valence-corrected chi connectivity index (χ3v) is 7.24. The number of aromatic nitrogens is 2. The van der Waals surface area contributed by atoms with E-state index in [1.54, 1.807) is 10.9 Å². The first-order valence-electron chi connectivity index (χ1n) is 7.70. The summed E-state index contributed by atoms with van der Waals surface area (Å²) in [5.41, 5.74) is 1.50. The summed E-state index contributed by atoms with van der Waals surface area (Å²) in [7, 11) is -3.70. The van der Waals surface area contributed by atoms with Gasteiger partial charge >= 0.3 is 0 Å². The molecule has 0 bridgehead atoms. The number of hydrogen-bond acceptors (Lipinski definition) is 5. The van der Waals surface area contributed by atoms with E-state index < -0.39 is 10.0 Å². The third-order valence-electron chi connectivity index (χ3n) is 4.60. The molecule has 8 heteroatoms. The number of nitrogens with zero attached hydrogens (tertiary/aromatic N) is 3. The summed E-state index contributed by atoms with van der Waals surface area (Å²) in [6.07, 6.45) is 9.05. The van der Waals surface area contributed by atoms with E-state index >= 15 is 0 Å². The van der Waals surface area contributed by atoms with Gasteiger partial charge in [-0.2, -0.15) is 10.4 Å². The lowest BCUT2D eigenvalue weighted by molar-refractivity contribution is 0.289. The fraction of sp³-hybridized carbons (Fsp3) is 0.467. The Balaban J connectivity index is 1.63. The van der Waals surface area contributed by atoms with E-state index in [0.717, 1.165) is 49.0 Å². The van der Waals surface area contributed by atoms with Crippen LogP contribution in [0.5, 0.6) is 0 Å². The van der Waals surface area contributed by atoms with Gasteiger partial charge in [0.15, 0.2) is 0 Å². The molecule has 0 spiro atoms. The van der Waals surface area contributed by atoms with Crippen LogP contribution in [-0.2, 0) is 22.9 Å². The first kappa shape index (κ1) is 14.7. The van der Waals surface area contributed by atoms with Crippen LogP contribution in [0.1, 0.15) is 47.7 Å². The van der Waals surface area contributed by atoms with Crippen molar-refractivity contribution in [2.75, 3.05) is 4.72 Å². The van der Waals surface area contributed by atoms with E-state index in [1.807, 2.05) is 0 Å². The zero-order valence-corrected chi connectivity index (χ0v) is 14.1. The minimum Gasteiger partial charge on any atom is -0.269 e. The molecule has 0 saturated heterocycles. The molecule has 1 saturated carbocycles. The number of anilines is 1. The lowest BCUT2D eigenvalue weighted by Gasteiger charge is -2.25. The van der Waals surface area contributed by atoms with Crippen molar-refractivity contribution in [3.8, 4) is 6.07 Å². The van der Waals surface area contributed by atoms with Gasteiger partial charge in [-0.3, -0.25) is 9.40 Å². The van der Waals surface area contributed by atoms with Gasteiger partial charge in [-0.25, -0.2) is 8.42 Å². The van der Waals surface area contributed by atoms with Crippen molar-refractivity contribution in [3.05, 3.63) is 28.4 Å². The largest absolute Gasteiger partial charge is 0.269 e. The number of fused-ring (bicyclic) bond motifs is 1. The van der Waals surface area contributed by atoms with Gasteiger partial charge in [-0.15, -0.1) is 11.3 Å². The van der Waals surface area contributed by atoms with Crippen LogP contribution in [-0.4, -0.2) is 18.2 Å². The smallest absolute Gasteiger partial charge is 0.265 e. The molecule has 2 heterocycles. The lowest BCUT2D eigenvalue weighted by Crippen LogP contribution is -2.17. The summed E-state index contributed by atoms with van der Waals surface area (Å²) in [5.74, 6) is 0. The maximum Gasteiger partial charge on any atom is 0.265 e. The van der Waals surface area contributed by atoms with Gasteiger partial charge in [0, 0.05) is 11.1 Å². The molecule has 1 fully saturated rings. The van der Waals surface area contributed by atoms with Crippen molar-refractivity contribution in [1.29, 1.82) is 5.26 Å². The molecular weight excluding hydrogens is 332 g/mol. The number of sulfonamides is 1. The highest BCUT2D eigenvalue weighted by Gasteiger charge is 2.27. The number of hydrogen-bond donors (Lipinski definition) is 1. The van der Waals surface area contributed by atoms with E-state index in [-0.39, 0.29) is 4.90 Å². The molecule has 6 nitrogen and oxygen atoms in total. The molecule has 1 N–H and O–H groups in total. The van der Waals surface area contributed by atoms with Crippen LogP contribution in [0, 0.1) is 11.3 Å². The molecule has 2 aromatic rings. The van der Waals surface area contributed by atoms with Gasteiger partial charge < -0.3 is 0 Å². The Bertz CT molecular complexity index is 901. The molecule has 23 heavy (non-hydrogen) atoms. The minimum absolute atomic E-state index is 0.154. The van der Waals surface area contributed by atoms with Crippen LogP contribution < -0.4 is 4.72 Å². The van der Waals surface area contributed by atoms with Crippen molar-refractivity contribution >= 4 is 26.4 Å². The van der Waals surface area contributed by atoms with E-state index in [1.165, 1.54) is 17.5 Å². The summed E-state index contributed by atoms with van der Waals surface area (Å²) in [4.78, 5) is 1.28. The SMILES string of the molecule is N#Cc1c(NS(=O)(=O)c2cnn(C3CCC3)c2)sc2c1CCC2. The minimum atomic E-state index is -3.70. The average molecular weight is 348 g/mol. The molecule has 0 radical (unpaired) electrons. The van der Waals surface area contributed by atoms with Crippen LogP contribution in [0.3, 0.4) is 0 Å². The topological polar surface area (TPSA) is 87.8 Å². The van der Waals surface area contributed by atoms with Crippen molar-refractivity contribution in [1.82, 2.24) is 9.78 Å². The van der Waals surface area contributed by atoms with E-state index in [2.05, 4.69) is 15.9 Å². The summed E-state index contributed by atoms with van der Waals surface area (Å²) < 4.78 is 29.5. The van der Waals surface area contributed by atoms with Gasteiger partial charge in [0.1, 0.15) is 16.0 Å². The molecule has 4 rings (SSSR count). The monoisotopic (exact) mass is 348 g/mol. The number of rotatable bonds is 4. The fourth-order valence-corrected chi connectivity index (χ4v) is 5.57. The molecule has 0 unspecified atom stereocenters. The standard InChI is InChI=1S/C15H16N4O2S2/c16-7-13-12-5-2-6-14(12)22-15(13)18-23(20,21)11-8-17-19(9-11)10-3-1-4-10/h8-10,18H,1-6H2. The normalized spacial score (nSPS) is 17.5. The van der Waals surface area contributed by atoms with Crippen LogP contribution in [0.2, 0.25) is 0 Å². The van der Waals surface area contributed by atoms with Gasteiger partial charge in [0.05, 0.1) is 17.8 Å². The zero-order valence-electron chi connectivity index (χ0n) is 12.4. The number of aryl methyl sites for hydroxylation is 1. The molecule has 2 aliphatic carbocycles. The Labute approximate surface area is 138 Å². The number of nitrogens with one attached hydrogen (secondary N) is 1. The van der Waals surface area contributed by atoms with Crippen LogP contribution in [0.15, 0.2) is 17.3 Å². The van der Waals surface area contributed by atoms with Crippen LogP contribution in [0.25, 0.3) is 0 Å². The highest BCUT2D eigenvalue weighted by atomic mass is 32.2. The fourth-order valence-electron chi connectivity index (χ4n) is 3.09. The molecule has 2 aromatic heterocycles. The van der Waals surface area contributed by atoms with Crippen molar-refractivity contribution in [2.24, 2.45) is 0 Å². The summed E-state index contributed by atoms with van der Waals surface area (Å²) in [6, 6.07) is 2.47.